The summed E-state index contributed by atoms with van der Waals surface area (Å²) in [4.78, 5) is 36.2. The quantitative estimate of drug-likeness (QED) is 0.367. The molecular weight excluding hydrogens is 398 g/mol. The van der Waals surface area contributed by atoms with Crippen molar-refractivity contribution in [3.8, 4) is 5.75 Å². The van der Waals surface area contributed by atoms with E-state index >= 15 is 0 Å². The van der Waals surface area contributed by atoms with Crippen LogP contribution in [0, 0.1) is 6.92 Å². The first-order valence-electron chi connectivity index (χ1n) is 9.61. The number of hydrogen-bond acceptors (Lipinski definition) is 5. The van der Waals surface area contributed by atoms with Gasteiger partial charge < -0.3 is 19.6 Å². The second kappa shape index (κ2) is 8.31. The first-order chi connectivity index (χ1) is 15.0. The highest BCUT2D eigenvalue weighted by Crippen LogP contribution is 2.30. The van der Waals surface area contributed by atoms with Gasteiger partial charge in [-0.15, -0.1) is 0 Å². The average molecular weight is 417 g/mol. The van der Waals surface area contributed by atoms with Gasteiger partial charge in [-0.1, -0.05) is 48.5 Å². The van der Waals surface area contributed by atoms with E-state index in [4.69, 9.17) is 9.15 Å². The Bertz CT molecular complexity index is 1340. The summed E-state index contributed by atoms with van der Waals surface area (Å²) in [5, 5.41) is 13.9. The van der Waals surface area contributed by atoms with Gasteiger partial charge in [-0.3, -0.25) is 4.79 Å². The molecule has 1 heterocycles. The Morgan fingerprint density at radius 3 is 2.35 bits per heavy atom. The molecule has 2 N–H and O–H groups in total. The average Bonchev–Trinajstić information content (AvgIpc) is 2.78. The van der Waals surface area contributed by atoms with Gasteiger partial charge in [0.2, 0.25) is 0 Å². The van der Waals surface area contributed by atoms with Crippen molar-refractivity contribution >= 4 is 33.6 Å². The fourth-order valence-electron chi connectivity index (χ4n) is 3.50. The highest BCUT2D eigenvalue weighted by Gasteiger charge is 2.22. The van der Waals surface area contributed by atoms with Crippen molar-refractivity contribution < 1.29 is 23.8 Å². The molecule has 0 fully saturated rings. The molecule has 7 heteroatoms. The summed E-state index contributed by atoms with van der Waals surface area (Å²) in [5.74, 6) is -1.39. The van der Waals surface area contributed by atoms with Crippen LogP contribution in [0.5, 0.6) is 5.75 Å². The van der Waals surface area contributed by atoms with Gasteiger partial charge in [0.1, 0.15) is 11.3 Å². The second-order valence-corrected chi connectivity index (χ2v) is 7.04. The minimum atomic E-state index is -1.18. The SMILES string of the molecule is Cc1c(OCC(=O)N[C@@H](C(=O)O)c2ccccc2)ccc2c1oc(=O)c1ccccc12. The van der Waals surface area contributed by atoms with E-state index in [0.29, 0.717) is 27.8 Å². The van der Waals surface area contributed by atoms with Crippen LogP contribution in [0.3, 0.4) is 0 Å². The van der Waals surface area contributed by atoms with Crippen molar-refractivity contribution in [3.63, 3.8) is 0 Å². The number of nitrogens with one attached hydrogen (secondary N) is 1. The molecule has 0 spiro atoms. The van der Waals surface area contributed by atoms with Gasteiger partial charge in [0, 0.05) is 10.9 Å². The monoisotopic (exact) mass is 417 g/mol. The van der Waals surface area contributed by atoms with E-state index in [1.54, 1.807) is 61.5 Å². The molecule has 0 radical (unpaired) electrons. The van der Waals surface area contributed by atoms with Crippen LogP contribution in [0.2, 0.25) is 0 Å². The molecular formula is C24H19NO6. The third-order valence-electron chi connectivity index (χ3n) is 5.03. The van der Waals surface area contributed by atoms with Crippen molar-refractivity contribution in [1.29, 1.82) is 0 Å². The number of ether oxygens (including phenoxy) is 1. The molecule has 1 amide bonds. The van der Waals surface area contributed by atoms with Gasteiger partial charge in [0.15, 0.2) is 12.6 Å². The topological polar surface area (TPSA) is 106 Å². The highest BCUT2D eigenvalue weighted by molar-refractivity contribution is 6.05. The van der Waals surface area contributed by atoms with Crippen molar-refractivity contribution in [2.75, 3.05) is 6.61 Å². The molecule has 1 aromatic heterocycles. The Balaban J connectivity index is 1.55. The molecule has 0 unspecified atom stereocenters. The number of hydrogen-bond donors (Lipinski definition) is 2. The van der Waals surface area contributed by atoms with Gasteiger partial charge in [-0.2, -0.15) is 0 Å². The summed E-state index contributed by atoms with van der Waals surface area (Å²) in [6.07, 6.45) is 0. The van der Waals surface area contributed by atoms with E-state index in [-0.39, 0.29) is 6.61 Å². The Labute approximate surface area is 176 Å². The second-order valence-electron chi connectivity index (χ2n) is 7.04. The lowest BCUT2D eigenvalue weighted by molar-refractivity contribution is -0.142. The van der Waals surface area contributed by atoms with E-state index in [1.165, 1.54) is 0 Å². The standard InChI is InChI=1S/C24H19NO6/c1-14-19(12-11-17-16-9-5-6-10-18(16)24(29)31-22(14)17)30-13-20(26)25-21(23(27)28)15-7-3-2-4-8-15/h2-12,21H,13H2,1H3,(H,25,26)(H,27,28)/t21-/m1/s1. The summed E-state index contributed by atoms with van der Waals surface area (Å²) in [6, 6.07) is 17.9. The van der Waals surface area contributed by atoms with Crippen LogP contribution in [0.15, 0.2) is 75.9 Å². The van der Waals surface area contributed by atoms with E-state index in [2.05, 4.69) is 5.32 Å². The zero-order chi connectivity index (χ0) is 22.0. The number of carboxylic acids is 1. The van der Waals surface area contributed by atoms with Gasteiger partial charge >= 0.3 is 11.6 Å². The molecule has 0 aliphatic carbocycles. The van der Waals surface area contributed by atoms with Crippen molar-refractivity contribution in [1.82, 2.24) is 5.32 Å². The van der Waals surface area contributed by atoms with E-state index in [0.717, 1.165) is 10.8 Å². The normalized spacial score (nSPS) is 11.9. The molecule has 0 saturated heterocycles. The van der Waals surface area contributed by atoms with Crippen molar-refractivity contribution in [2.45, 2.75) is 13.0 Å². The molecule has 31 heavy (non-hydrogen) atoms. The summed E-state index contributed by atoms with van der Waals surface area (Å²) in [7, 11) is 0. The summed E-state index contributed by atoms with van der Waals surface area (Å²) < 4.78 is 11.1. The predicted molar refractivity (Wildman–Crippen MR) is 115 cm³/mol. The molecule has 0 saturated carbocycles. The van der Waals surface area contributed by atoms with Crippen molar-refractivity contribution in [3.05, 3.63) is 88.3 Å². The van der Waals surface area contributed by atoms with Crippen LogP contribution >= 0.6 is 0 Å². The third kappa shape index (κ3) is 3.98. The molecule has 0 bridgehead atoms. The minimum Gasteiger partial charge on any atom is -0.483 e. The Morgan fingerprint density at radius 2 is 1.65 bits per heavy atom. The Hall–Kier alpha value is -4.13. The summed E-state index contributed by atoms with van der Waals surface area (Å²) in [5.41, 5.74) is 0.965. The van der Waals surface area contributed by atoms with Gasteiger partial charge in [-0.05, 0) is 36.1 Å². The maximum absolute atomic E-state index is 12.3. The maximum Gasteiger partial charge on any atom is 0.344 e. The lowest BCUT2D eigenvalue weighted by Crippen LogP contribution is -2.36. The Morgan fingerprint density at radius 1 is 0.968 bits per heavy atom. The van der Waals surface area contributed by atoms with Crippen LogP contribution in [0.4, 0.5) is 0 Å². The molecule has 4 aromatic rings. The molecule has 1 atom stereocenters. The van der Waals surface area contributed by atoms with Crippen molar-refractivity contribution in [2.24, 2.45) is 0 Å². The van der Waals surface area contributed by atoms with Gasteiger partial charge in [0.25, 0.3) is 5.91 Å². The molecule has 156 valence electrons. The smallest absolute Gasteiger partial charge is 0.344 e. The lowest BCUT2D eigenvalue weighted by atomic mass is 10.0. The molecule has 3 aromatic carbocycles. The van der Waals surface area contributed by atoms with Crippen LogP contribution < -0.4 is 15.7 Å². The first kappa shape index (κ1) is 20.2. The molecule has 0 aliphatic heterocycles. The summed E-state index contributed by atoms with van der Waals surface area (Å²) >= 11 is 0. The predicted octanol–water partition coefficient (Wildman–Crippen LogP) is 3.58. The van der Waals surface area contributed by atoms with Gasteiger partial charge in [0.05, 0.1) is 5.39 Å². The molecule has 7 nitrogen and oxygen atoms in total. The zero-order valence-corrected chi connectivity index (χ0v) is 16.6. The number of aryl methyl sites for hydroxylation is 1. The van der Waals surface area contributed by atoms with Crippen LogP contribution in [-0.2, 0) is 9.59 Å². The van der Waals surface area contributed by atoms with Crippen LogP contribution in [0.25, 0.3) is 21.7 Å². The highest BCUT2D eigenvalue weighted by atomic mass is 16.5. The minimum absolute atomic E-state index is 0.368. The number of carbonyl (C=O) groups is 2. The van der Waals surface area contributed by atoms with Crippen LogP contribution in [-0.4, -0.2) is 23.6 Å². The van der Waals surface area contributed by atoms with Crippen LogP contribution in [0.1, 0.15) is 17.2 Å². The number of aliphatic carboxylic acids is 1. The number of amides is 1. The molecule has 4 rings (SSSR count). The largest absolute Gasteiger partial charge is 0.483 e. The summed E-state index contributed by atoms with van der Waals surface area (Å²) in [6.45, 7) is 1.35. The third-order valence-corrected chi connectivity index (χ3v) is 5.03. The fraction of sp³-hybridized carbons (Fsp3) is 0.125. The van der Waals surface area contributed by atoms with E-state index < -0.39 is 23.5 Å². The lowest BCUT2D eigenvalue weighted by Gasteiger charge is -2.16. The fourth-order valence-corrected chi connectivity index (χ4v) is 3.50. The zero-order valence-electron chi connectivity index (χ0n) is 16.6. The number of rotatable bonds is 6. The van der Waals surface area contributed by atoms with E-state index in [9.17, 15) is 19.5 Å². The number of carbonyl (C=O) groups excluding carboxylic acids is 1. The Kier molecular flexibility index (Phi) is 5.41. The number of carboxylic acid groups (broad SMARTS) is 1. The molecule has 0 aliphatic rings. The number of fused-ring (bicyclic) bond motifs is 3. The maximum atomic E-state index is 12.3. The van der Waals surface area contributed by atoms with Gasteiger partial charge in [-0.25, -0.2) is 9.59 Å². The first-order valence-corrected chi connectivity index (χ1v) is 9.61. The van der Waals surface area contributed by atoms with E-state index in [1.807, 2.05) is 12.1 Å². The number of benzene rings is 3.